The van der Waals surface area contributed by atoms with Gasteiger partial charge in [0.05, 0.1) is 6.61 Å². The van der Waals surface area contributed by atoms with E-state index in [4.69, 9.17) is 16.3 Å². The lowest BCUT2D eigenvalue weighted by molar-refractivity contribution is 0.0519. The van der Waals surface area contributed by atoms with E-state index in [-0.39, 0.29) is 5.97 Å². The monoisotopic (exact) mass is 325 g/mol. The Hall–Kier alpha value is -1.22. The molecule has 1 aromatic rings. The van der Waals surface area contributed by atoms with Gasteiger partial charge in [0.15, 0.2) is 0 Å². The zero-order valence-corrected chi connectivity index (χ0v) is 15.0. The van der Waals surface area contributed by atoms with Gasteiger partial charge in [-0.15, -0.1) is 0 Å². The number of carbonyl (C=O) groups is 1. The highest BCUT2D eigenvalue weighted by molar-refractivity contribution is 6.49. The Morgan fingerprint density at radius 2 is 1.86 bits per heavy atom. The van der Waals surface area contributed by atoms with Gasteiger partial charge in [0.2, 0.25) is 0 Å². The number of aromatic amines is 1. The van der Waals surface area contributed by atoms with E-state index in [0.29, 0.717) is 12.3 Å². The van der Waals surface area contributed by atoms with Crippen LogP contribution in [0.2, 0.25) is 0 Å². The fraction of sp³-hybridized carbons (Fsp3) is 0.611. The van der Waals surface area contributed by atoms with Gasteiger partial charge >= 0.3 is 5.97 Å². The van der Waals surface area contributed by atoms with Crippen molar-refractivity contribution in [2.75, 3.05) is 6.61 Å². The molecule has 124 valence electrons. The fourth-order valence-corrected chi connectivity index (χ4v) is 2.99. The lowest BCUT2D eigenvalue weighted by atomic mass is 10.1. The lowest BCUT2D eigenvalue weighted by Gasteiger charge is -2.03. The molecule has 0 spiro atoms. The van der Waals surface area contributed by atoms with E-state index in [1.807, 2.05) is 13.8 Å². The number of carbonyl (C=O) groups excluding carboxylic acids is 1. The van der Waals surface area contributed by atoms with E-state index in [2.05, 4.69) is 18.0 Å². The maximum atomic E-state index is 11.9. The topological polar surface area (TPSA) is 42.1 Å². The Morgan fingerprint density at radius 1 is 1.18 bits per heavy atom. The minimum Gasteiger partial charge on any atom is -0.461 e. The number of esters is 1. The number of allylic oxidation sites excluding steroid dienone is 1. The number of hydrogen-bond acceptors (Lipinski definition) is 2. The van der Waals surface area contributed by atoms with Crippen LogP contribution in [0.15, 0.2) is 6.08 Å². The molecule has 0 atom stereocenters. The van der Waals surface area contributed by atoms with Gasteiger partial charge in [0.25, 0.3) is 0 Å². The standard InChI is InChI=1S/C18H28ClNO2/c1-5-7-8-9-10-11-12-15(19)16-13(3)17(20-14(16)4)18(21)22-6-2/h12,20H,5-11H2,1-4H3/b15-12+. The summed E-state index contributed by atoms with van der Waals surface area (Å²) < 4.78 is 5.06. The van der Waals surface area contributed by atoms with Crippen LogP contribution < -0.4 is 0 Å². The van der Waals surface area contributed by atoms with Gasteiger partial charge in [-0.2, -0.15) is 0 Å². The third-order valence-electron chi connectivity index (χ3n) is 3.79. The van der Waals surface area contributed by atoms with Gasteiger partial charge in [-0.25, -0.2) is 4.79 Å². The molecule has 0 aliphatic heterocycles. The first-order valence-electron chi connectivity index (χ1n) is 8.25. The summed E-state index contributed by atoms with van der Waals surface area (Å²) in [6.45, 7) is 8.23. The van der Waals surface area contributed by atoms with Crippen LogP contribution >= 0.6 is 11.6 Å². The molecular weight excluding hydrogens is 298 g/mol. The molecule has 0 radical (unpaired) electrons. The molecule has 1 rings (SSSR count). The summed E-state index contributed by atoms with van der Waals surface area (Å²) in [5.41, 5.74) is 3.21. The van der Waals surface area contributed by atoms with Gasteiger partial charge in [0, 0.05) is 16.3 Å². The molecule has 0 aliphatic rings. The Morgan fingerprint density at radius 3 is 2.50 bits per heavy atom. The molecule has 0 aromatic carbocycles. The highest BCUT2D eigenvalue weighted by Crippen LogP contribution is 2.29. The van der Waals surface area contributed by atoms with Crippen molar-refractivity contribution >= 4 is 22.6 Å². The normalized spacial score (nSPS) is 11.8. The van der Waals surface area contributed by atoms with Crippen LogP contribution in [0.3, 0.4) is 0 Å². The van der Waals surface area contributed by atoms with E-state index >= 15 is 0 Å². The summed E-state index contributed by atoms with van der Waals surface area (Å²) in [5.74, 6) is -0.321. The first kappa shape index (κ1) is 18.8. The number of ether oxygens (including phenoxy) is 1. The van der Waals surface area contributed by atoms with Crippen LogP contribution in [-0.4, -0.2) is 17.6 Å². The van der Waals surface area contributed by atoms with E-state index in [0.717, 1.165) is 34.7 Å². The molecule has 0 unspecified atom stereocenters. The highest BCUT2D eigenvalue weighted by atomic mass is 35.5. The number of H-pyrrole nitrogens is 1. The molecular formula is C18H28ClNO2. The minimum atomic E-state index is -0.321. The Bertz CT molecular complexity index is 517. The van der Waals surface area contributed by atoms with Crippen molar-refractivity contribution in [2.24, 2.45) is 0 Å². The summed E-state index contributed by atoms with van der Waals surface area (Å²) in [5, 5.41) is 0.720. The van der Waals surface area contributed by atoms with Gasteiger partial charge in [0.1, 0.15) is 5.69 Å². The van der Waals surface area contributed by atoms with Crippen molar-refractivity contribution in [1.29, 1.82) is 0 Å². The number of hydrogen-bond donors (Lipinski definition) is 1. The van der Waals surface area contributed by atoms with Gasteiger partial charge in [-0.05, 0) is 39.2 Å². The predicted molar refractivity (Wildman–Crippen MR) is 93.4 cm³/mol. The minimum absolute atomic E-state index is 0.321. The third-order valence-corrected chi connectivity index (χ3v) is 4.13. The number of rotatable bonds is 9. The molecule has 0 amide bonds. The van der Waals surface area contributed by atoms with Gasteiger partial charge < -0.3 is 9.72 Å². The molecule has 1 heterocycles. The number of aromatic nitrogens is 1. The van der Waals surface area contributed by atoms with Gasteiger partial charge in [-0.1, -0.05) is 50.3 Å². The van der Waals surface area contributed by atoms with Crippen LogP contribution in [-0.2, 0) is 4.74 Å². The fourth-order valence-electron chi connectivity index (χ4n) is 2.59. The second kappa shape index (κ2) is 9.73. The highest BCUT2D eigenvalue weighted by Gasteiger charge is 2.19. The first-order valence-corrected chi connectivity index (χ1v) is 8.63. The SMILES string of the molecule is CCCCCCC/C=C(/Cl)c1c(C)[nH]c(C(=O)OCC)c1C. The zero-order valence-electron chi connectivity index (χ0n) is 14.2. The average Bonchev–Trinajstić information content (AvgIpc) is 2.78. The van der Waals surface area contributed by atoms with E-state index in [1.165, 1.54) is 25.7 Å². The maximum Gasteiger partial charge on any atom is 0.355 e. The number of unbranched alkanes of at least 4 members (excludes halogenated alkanes) is 5. The van der Waals surface area contributed by atoms with Crippen molar-refractivity contribution in [3.63, 3.8) is 0 Å². The molecule has 3 nitrogen and oxygen atoms in total. The average molecular weight is 326 g/mol. The van der Waals surface area contributed by atoms with Crippen molar-refractivity contribution in [1.82, 2.24) is 4.98 Å². The van der Waals surface area contributed by atoms with Crippen molar-refractivity contribution in [3.05, 3.63) is 28.6 Å². The number of nitrogens with one attached hydrogen (secondary N) is 1. The Kier molecular flexibility index (Phi) is 8.32. The number of aryl methyl sites for hydroxylation is 1. The maximum absolute atomic E-state index is 11.9. The van der Waals surface area contributed by atoms with Crippen LogP contribution in [0.4, 0.5) is 0 Å². The molecule has 1 N–H and O–H groups in total. The molecule has 0 bridgehead atoms. The molecule has 4 heteroatoms. The quantitative estimate of drug-likeness (QED) is 0.464. The van der Waals surface area contributed by atoms with Crippen molar-refractivity contribution < 1.29 is 9.53 Å². The zero-order chi connectivity index (χ0) is 16.5. The second-order valence-electron chi connectivity index (χ2n) is 5.60. The predicted octanol–water partition coefficient (Wildman–Crippen LogP) is 5.75. The largest absolute Gasteiger partial charge is 0.461 e. The summed E-state index contributed by atoms with van der Waals surface area (Å²) in [6.07, 6.45) is 9.28. The molecule has 1 aromatic heterocycles. The number of halogens is 1. The summed E-state index contributed by atoms with van der Waals surface area (Å²) in [7, 11) is 0. The van der Waals surface area contributed by atoms with Crippen LogP contribution in [0, 0.1) is 13.8 Å². The van der Waals surface area contributed by atoms with Gasteiger partial charge in [-0.3, -0.25) is 0 Å². The van der Waals surface area contributed by atoms with E-state index in [1.54, 1.807) is 6.92 Å². The van der Waals surface area contributed by atoms with E-state index < -0.39 is 0 Å². The lowest BCUT2D eigenvalue weighted by Crippen LogP contribution is -2.06. The summed E-state index contributed by atoms with van der Waals surface area (Å²) >= 11 is 6.44. The van der Waals surface area contributed by atoms with Crippen LogP contribution in [0.25, 0.3) is 5.03 Å². The first-order chi connectivity index (χ1) is 10.5. The van der Waals surface area contributed by atoms with E-state index in [9.17, 15) is 4.79 Å². The molecule has 0 fully saturated rings. The van der Waals surface area contributed by atoms with Crippen LogP contribution in [0.5, 0.6) is 0 Å². The smallest absolute Gasteiger partial charge is 0.355 e. The van der Waals surface area contributed by atoms with Crippen LogP contribution in [0.1, 0.15) is 79.7 Å². The third kappa shape index (κ3) is 5.20. The summed E-state index contributed by atoms with van der Waals surface area (Å²) in [6, 6.07) is 0. The molecule has 0 aliphatic carbocycles. The molecule has 0 saturated carbocycles. The second-order valence-corrected chi connectivity index (χ2v) is 6.01. The Labute approximate surface area is 139 Å². The Balaban J connectivity index is 2.72. The van der Waals surface area contributed by atoms with Crippen molar-refractivity contribution in [3.8, 4) is 0 Å². The molecule has 0 saturated heterocycles. The van der Waals surface area contributed by atoms with Crippen molar-refractivity contribution in [2.45, 2.75) is 66.2 Å². The molecule has 22 heavy (non-hydrogen) atoms. The summed E-state index contributed by atoms with van der Waals surface area (Å²) in [4.78, 5) is 15.0.